The average molecular weight is 342 g/mol. The van der Waals surface area contributed by atoms with Crippen molar-refractivity contribution in [3.8, 4) is 0 Å². The Morgan fingerprint density at radius 1 is 1.12 bits per heavy atom. The van der Waals surface area contributed by atoms with Crippen LogP contribution < -0.4 is 4.90 Å². The zero-order valence-corrected chi connectivity index (χ0v) is 14.5. The number of furan rings is 1. The summed E-state index contributed by atoms with van der Waals surface area (Å²) in [6, 6.07) is 8.32. The molecule has 25 heavy (non-hydrogen) atoms. The summed E-state index contributed by atoms with van der Waals surface area (Å²) in [5.41, 5.74) is 1.18. The third kappa shape index (κ3) is 3.86. The minimum Gasteiger partial charge on any atom is -0.472 e. The fourth-order valence-corrected chi connectivity index (χ4v) is 4.02. The molecular formula is C19H26N4O2. The quantitative estimate of drug-likeness (QED) is 0.907. The number of aliphatic hydroxyl groups is 1. The predicted octanol–water partition coefficient (Wildman–Crippen LogP) is 1.43. The van der Waals surface area contributed by atoms with E-state index in [2.05, 4.69) is 25.8 Å². The first-order valence-electron chi connectivity index (χ1n) is 9.11. The van der Waals surface area contributed by atoms with Crippen LogP contribution in [0.4, 0.5) is 5.82 Å². The van der Waals surface area contributed by atoms with Crippen LogP contribution in [0, 0.1) is 0 Å². The molecule has 0 spiro atoms. The Labute approximate surface area is 148 Å². The zero-order valence-electron chi connectivity index (χ0n) is 14.5. The molecule has 0 aliphatic carbocycles. The Balaban J connectivity index is 1.29. The molecule has 1 N–H and O–H groups in total. The topological polar surface area (TPSA) is 56.0 Å². The van der Waals surface area contributed by atoms with E-state index in [0.29, 0.717) is 0 Å². The number of piperazine rings is 1. The Morgan fingerprint density at radius 2 is 2.00 bits per heavy atom. The molecule has 2 atom stereocenters. The van der Waals surface area contributed by atoms with Crippen molar-refractivity contribution in [3.05, 3.63) is 48.6 Å². The fourth-order valence-electron chi connectivity index (χ4n) is 4.02. The molecule has 2 saturated heterocycles. The minimum absolute atomic E-state index is 0.270. The highest BCUT2D eigenvalue weighted by atomic mass is 16.3. The molecule has 0 radical (unpaired) electrons. The predicted molar refractivity (Wildman–Crippen MR) is 96.4 cm³/mol. The van der Waals surface area contributed by atoms with Gasteiger partial charge in [0, 0.05) is 63.6 Å². The number of anilines is 1. The number of likely N-dealkylation sites (tertiary alicyclic amines) is 1. The molecule has 0 amide bonds. The van der Waals surface area contributed by atoms with Crippen molar-refractivity contribution in [2.45, 2.75) is 25.1 Å². The van der Waals surface area contributed by atoms with E-state index in [-0.39, 0.29) is 12.1 Å². The van der Waals surface area contributed by atoms with E-state index in [4.69, 9.17) is 4.42 Å². The molecule has 2 fully saturated rings. The number of rotatable bonds is 4. The van der Waals surface area contributed by atoms with Crippen LogP contribution in [0.15, 0.2) is 47.4 Å². The summed E-state index contributed by atoms with van der Waals surface area (Å²) in [6.45, 7) is 6.52. The number of β-amino-alcohol motifs (C(OH)–C–C–N with tert-alkyl or cyclic N) is 1. The van der Waals surface area contributed by atoms with E-state index >= 15 is 0 Å². The van der Waals surface area contributed by atoms with Gasteiger partial charge < -0.3 is 14.4 Å². The van der Waals surface area contributed by atoms with Crippen LogP contribution in [0.5, 0.6) is 0 Å². The molecule has 0 unspecified atom stereocenters. The van der Waals surface area contributed by atoms with Crippen LogP contribution in [0.1, 0.15) is 12.0 Å². The van der Waals surface area contributed by atoms with Crippen molar-refractivity contribution in [2.75, 3.05) is 44.2 Å². The summed E-state index contributed by atoms with van der Waals surface area (Å²) in [5.74, 6) is 1.05. The largest absolute Gasteiger partial charge is 0.472 e. The highest BCUT2D eigenvalue weighted by molar-refractivity contribution is 5.38. The Hall–Kier alpha value is -1.89. The van der Waals surface area contributed by atoms with Crippen LogP contribution in [0.2, 0.25) is 0 Å². The van der Waals surface area contributed by atoms with Crippen molar-refractivity contribution in [1.29, 1.82) is 0 Å². The highest BCUT2D eigenvalue weighted by Gasteiger charge is 2.33. The van der Waals surface area contributed by atoms with Crippen LogP contribution in [-0.2, 0) is 6.54 Å². The molecule has 2 aromatic rings. The van der Waals surface area contributed by atoms with Gasteiger partial charge in [-0.25, -0.2) is 4.98 Å². The van der Waals surface area contributed by atoms with Crippen LogP contribution in [0.25, 0.3) is 0 Å². The van der Waals surface area contributed by atoms with Gasteiger partial charge in [-0.1, -0.05) is 6.07 Å². The van der Waals surface area contributed by atoms with Crippen molar-refractivity contribution in [1.82, 2.24) is 14.8 Å². The molecule has 0 bridgehead atoms. The second kappa shape index (κ2) is 7.56. The molecule has 0 saturated carbocycles. The monoisotopic (exact) mass is 342 g/mol. The maximum atomic E-state index is 10.7. The number of aromatic nitrogens is 1. The molecule has 2 aliphatic rings. The molecule has 4 heterocycles. The number of hydrogen-bond acceptors (Lipinski definition) is 6. The Bertz CT molecular complexity index is 641. The second-order valence-corrected chi connectivity index (χ2v) is 7.00. The minimum atomic E-state index is -0.290. The first-order valence-corrected chi connectivity index (χ1v) is 9.11. The maximum Gasteiger partial charge on any atom is 0.128 e. The molecule has 6 nitrogen and oxygen atoms in total. The van der Waals surface area contributed by atoms with Gasteiger partial charge in [0.25, 0.3) is 0 Å². The van der Waals surface area contributed by atoms with Gasteiger partial charge in [-0.2, -0.15) is 0 Å². The van der Waals surface area contributed by atoms with Crippen molar-refractivity contribution < 1.29 is 9.52 Å². The lowest BCUT2D eigenvalue weighted by atomic mass is 9.99. The van der Waals surface area contributed by atoms with E-state index in [1.165, 1.54) is 5.56 Å². The zero-order chi connectivity index (χ0) is 17.1. The van der Waals surface area contributed by atoms with Crippen molar-refractivity contribution in [2.24, 2.45) is 0 Å². The number of hydrogen-bond donors (Lipinski definition) is 1. The van der Waals surface area contributed by atoms with Gasteiger partial charge in [0.2, 0.25) is 0 Å². The van der Waals surface area contributed by atoms with Gasteiger partial charge in [0.1, 0.15) is 5.82 Å². The second-order valence-electron chi connectivity index (χ2n) is 7.00. The number of pyridine rings is 1. The van der Waals surface area contributed by atoms with Gasteiger partial charge in [0.15, 0.2) is 0 Å². The fraction of sp³-hybridized carbons (Fsp3) is 0.526. The summed E-state index contributed by atoms with van der Waals surface area (Å²) in [7, 11) is 0. The Morgan fingerprint density at radius 3 is 2.68 bits per heavy atom. The third-order valence-corrected chi connectivity index (χ3v) is 5.37. The number of aliphatic hydroxyl groups excluding tert-OH is 1. The first kappa shape index (κ1) is 16.6. The molecule has 6 heteroatoms. The lowest BCUT2D eigenvalue weighted by Crippen LogP contribution is -2.58. The van der Waals surface area contributed by atoms with Gasteiger partial charge in [-0.15, -0.1) is 0 Å². The third-order valence-electron chi connectivity index (χ3n) is 5.37. The number of nitrogens with zero attached hydrogens (tertiary/aromatic N) is 4. The van der Waals surface area contributed by atoms with Crippen LogP contribution in [-0.4, -0.2) is 71.3 Å². The van der Waals surface area contributed by atoms with E-state index in [1.54, 1.807) is 12.5 Å². The molecule has 4 rings (SSSR count). The summed E-state index contributed by atoms with van der Waals surface area (Å²) in [6.07, 6.45) is 6.07. The van der Waals surface area contributed by atoms with E-state index < -0.39 is 0 Å². The van der Waals surface area contributed by atoms with E-state index in [0.717, 1.165) is 58.1 Å². The molecular weight excluding hydrogens is 316 g/mol. The SMILES string of the molecule is O[C@@H]1CN(Cc2ccoc2)CC[C@H]1N1CCN(c2ccccn2)CC1. The highest BCUT2D eigenvalue weighted by Crippen LogP contribution is 2.22. The molecule has 2 aliphatic heterocycles. The smallest absolute Gasteiger partial charge is 0.128 e. The van der Waals surface area contributed by atoms with Gasteiger partial charge >= 0.3 is 0 Å². The van der Waals surface area contributed by atoms with Gasteiger partial charge in [-0.3, -0.25) is 9.80 Å². The lowest BCUT2D eigenvalue weighted by Gasteiger charge is -2.45. The Kier molecular flexibility index (Phi) is 5.01. The summed E-state index contributed by atoms with van der Waals surface area (Å²) in [5, 5.41) is 10.7. The standard InChI is InChI=1S/C19H26N4O2/c24-18-14-21(13-16-5-12-25-15-16)7-4-17(18)22-8-10-23(11-9-22)19-3-1-2-6-20-19/h1-3,5-6,12,15,17-18,24H,4,7-11,13-14H2/t17-,18-/m1/s1. The molecule has 134 valence electrons. The molecule has 0 aromatic carbocycles. The normalized spacial score (nSPS) is 26.0. The molecule has 2 aromatic heterocycles. The summed E-state index contributed by atoms with van der Waals surface area (Å²) < 4.78 is 5.14. The van der Waals surface area contributed by atoms with Crippen molar-refractivity contribution >= 4 is 5.82 Å². The summed E-state index contributed by atoms with van der Waals surface area (Å²) in [4.78, 5) is 11.5. The maximum absolute atomic E-state index is 10.7. The lowest BCUT2D eigenvalue weighted by molar-refractivity contribution is -0.0172. The van der Waals surface area contributed by atoms with Gasteiger partial charge in [-0.05, 0) is 24.6 Å². The van der Waals surface area contributed by atoms with Crippen molar-refractivity contribution in [3.63, 3.8) is 0 Å². The summed E-state index contributed by atoms with van der Waals surface area (Å²) >= 11 is 0. The first-order chi connectivity index (χ1) is 12.3. The van der Waals surface area contributed by atoms with Crippen LogP contribution in [0.3, 0.4) is 0 Å². The van der Waals surface area contributed by atoms with Crippen LogP contribution >= 0.6 is 0 Å². The van der Waals surface area contributed by atoms with E-state index in [9.17, 15) is 5.11 Å². The number of piperidine rings is 1. The van der Waals surface area contributed by atoms with E-state index in [1.807, 2.05) is 24.4 Å². The average Bonchev–Trinajstić information content (AvgIpc) is 3.16. The van der Waals surface area contributed by atoms with Gasteiger partial charge in [0.05, 0.1) is 18.6 Å².